The molecule has 110 valence electrons. The van der Waals surface area contributed by atoms with Crippen molar-refractivity contribution in [1.29, 1.82) is 0 Å². The van der Waals surface area contributed by atoms with Crippen molar-refractivity contribution in [1.82, 2.24) is 10.2 Å². The van der Waals surface area contributed by atoms with Crippen molar-refractivity contribution in [3.05, 3.63) is 0 Å². The molecule has 0 aliphatic heterocycles. The Morgan fingerprint density at radius 3 is 2.00 bits per heavy atom. The van der Waals surface area contributed by atoms with Crippen LogP contribution in [0.4, 0.5) is 0 Å². The summed E-state index contributed by atoms with van der Waals surface area (Å²) in [6.07, 6.45) is 1.28. The van der Waals surface area contributed by atoms with Gasteiger partial charge in [-0.25, -0.2) is 8.42 Å². The third kappa shape index (κ3) is 11.0. The van der Waals surface area contributed by atoms with Gasteiger partial charge < -0.3 is 10.2 Å². The van der Waals surface area contributed by atoms with E-state index in [4.69, 9.17) is 0 Å². The van der Waals surface area contributed by atoms with Crippen molar-refractivity contribution in [2.24, 2.45) is 5.41 Å². The molecule has 0 aromatic heterocycles. The normalized spacial score (nSPS) is 14.2. The predicted octanol–water partition coefficient (Wildman–Crippen LogP) is 1.38. The Hall–Kier alpha value is -0.130. The van der Waals surface area contributed by atoms with Crippen LogP contribution in [0.3, 0.4) is 0 Å². The highest BCUT2D eigenvalue weighted by molar-refractivity contribution is 7.90. The van der Waals surface area contributed by atoms with Crippen LogP contribution in [-0.4, -0.2) is 57.5 Å². The van der Waals surface area contributed by atoms with Gasteiger partial charge in [-0.1, -0.05) is 13.8 Å². The van der Waals surface area contributed by atoms with E-state index in [0.717, 1.165) is 13.1 Å². The standard InChI is InChI=1S/C13H30N2O2S/c1-12(2,3)14-10-13(4,5)11-15(6)8-9-18(7,16)17/h14H,8-11H2,1-7H3. The number of hydrogen-bond acceptors (Lipinski definition) is 4. The van der Waals surface area contributed by atoms with Gasteiger partial charge in [0.1, 0.15) is 9.84 Å². The highest BCUT2D eigenvalue weighted by Gasteiger charge is 2.22. The maximum absolute atomic E-state index is 11.1. The van der Waals surface area contributed by atoms with Crippen molar-refractivity contribution in [3.63, 3.8) is 0 Å². The maximum atomic E-state index is 11.1. The second-order valence-electron chi connectivity index (χ2n) is 7.14. The van der Waals surface area contributed by atoms with Crippen LogP contribution in [-0.2, 0) is 9.84 Å². The molecule has 0 saturated heterocycles. The van der Waals surface area contributed by atoms with Crippen molar-refractivity contribution in [3.8, 4) is 0 Å². The first-order chi connectivity index (χ1) is 7.81. The maximum Gasteiger partial charge on any atom is 0.148 e. The van der Waals surface area contributed by atoms with Crippen LogP contribution in [0, 0.1) is 5.41 Å². The lowest BCUT2D eigenvalue weighted by molar-refractivity contribution is 0.197. The lowest BCUT2D eigenvalue weighted by Crippen LogP contribution is -2.46. The molecule has 0 rings (SSSR count). The number of nitrogens with one attached hydrogen (secondary N) is 1. The monoisotopic (exact) mass is 278 g/mol. The zero-order valence-electron chi connectivity index (χ0n) is 13.0. The summed E-state index contributed by atoms with van der Waals surface area (Å²) in [6.45, 7) is 13.2. The van der Waals surface area contributed by atoms with E-state index in [0.29, 0.717) is 6.54 Å². The molecule has 0 aliphatic rings. The molecule has 0 unspecified atom stereocenters. The molecule has 18 heavy (non-hydrogen) atoms. The summed E-state index contributed by atoms with van der Waals surface area (Å²) in [5.41, 5.74) is 0.238. The Kier molecular flexibility index (Phi) is 6.30. The molecule has 0 radical (unpaired) electrons. The van der Waals surface area contributed by atoms with Crippen molar-refractivity contribution >= 4 is 9.84 Å². The van der Waals surface area contributed by atoms with Gasteiger partial charge in [0, 0.05) is 31.4 Å². The quantitative estimate of drug-likeness (QED) is 0.764. The van der Waals surface area contributed by atoms with Crippen LogP contribution in [0.1, 0.15) is 34.6 Å². The third-order valence-electron chi connectivity index (χ3n) is 2.64. The van der Waals surface area contributed by atoms with E-state index >= 15 is 0 Å². The largest absolute Gasteiger partial charge is 0.311 e. The summed E-state index contributed by atoms with van der Waals surface area (Å²) < 4.78 is 22.2. The molecule has 0 aromatic rings. The smallest absolute Gasteiger partial charge is 0.148 e. The Balaban J connectivity index is 4.15. The lowest BCUT2D eigenvalue weighted by atomic mass is 9.91. The molecular formula is C13H30N2O2S. The molecule has 0 fully saturated rings. The van der Waals surface area contributed by atoms with Gasteiger partial charge in [-0.15, -0.1) is 0 Å². The molecule has 4 nitrogen and oxygen atoms in total. The molecule has 0 spiro atoms. The number of sulfone groups is 1. The van der Waals surface area contributed by atoms with Crippen LogP contribution < -0.4 is 5.32 Å². The number of hydrogen-bond donors (Lipinski definition) is 1. The highest BCUT2D eigenvalue weighted by Crippen LogP contribution is 2.16. The lowest BCUT2D eigenvalue weighted by Gasteiger charge is -2.33. The minimum atomic E-state index is -2.87. The Morgan fingerprint density at radius 1 is 1.11 bits per heavy atom. The molecule has 1 N–H and O–H groups in total. The Bertz CT molecular complexity index is 342. The summed E-state index contributed by atoms with van der Waals surface area (Å²) in [7, 11) is -0.891. The Morgan fingerprint density at radius 2 is 1.61 bits per heavy atom. The van der Waals surface area contributed by atoms with E-state index in [1.807, 2.05) is 7.05 Å². The number of nitrogens with zero attached hydrogens (tertiary/aromatic N) is 1. The fourth-order valence-electron chi connectivity index (χ4n) is 1.69. The zero-order chi connectivity index (χ0) is 14.6. The van der Waals surface area contributed by atoms with E-state index in [-0.39, 0.29) is 16.7 Å². The second kappa shape index (κ2) is 6.35. The van der Waals surface area contributed by atoms with E-state index in [1.54, 1.807) is 0 Å². The fraction of sp³-hybridized carbons (Fsp3) is 1.00. The molecule has 0 heterocycles. The summed E-state index contributed by atoms with van der Waals surface area (Å²) in [6, 6.07) is 0. The summed E-state index contributed by atoms with van der Waals surface area (Å²) in [4.78, 5) is 2.09. The van der Waals surface area contributed by atoms with Crippen LogP contribution in [0.2, 0.25) is 0 Å². The molecule has 5 heteroatoms. The van der Waals surface area contributed by atoms with E-state index in [2.05, 4.69) is 44.8 Å². The second-order valence-corrected chi connectivity index (χ2v) is 9.40. The van der Waals surface area contributed by atoms with Gasteiger partial charge in [0.05, 0.1) is 5.75 Å². The Labute approximate surface area is 113 Å². The van der Waals surface area contributed by atoms with Crippen molar-refractivity contribution in [2.75, 3.05) is 38.7 Å². The average Bonchev–Trinajstić information content (AvgIpc) is 2.09. The van der Waals surface area contributed by atoms with Gasteiger partial charge in [0.2, 0.25) is 0 Å². The van der Waals surface area contributed by atoms with Gasteiger partial charge in [0.25, 0.3) is 0 Å². The molecule has 0 atom stereocenters. The van der Waals surface area contributed by atoms with Gasteiger partial charge in [-0.2, -0.15) is 0 Å². The number of rotatable bonds is 7. The molecular weight excluding hydrogens is 248 g/mol. The zero-order valence-corrected chi connectivity index (χ0v) is 13.8. The fourth-order valence-corrected chi connectivity index (χ4v) is 2.34. The summed E-state index contributed by atoms with van der Waals surface area (Å²) >= 11 is 0. The first-order valence-corrected chi connectivity index (χ1v) is 8.48. The molecule has 0 amide bonds. The van der Waals surface area contributed by atoms with Gasteiger partial charge >= 0.3 is 0 Å². The molecule has 0 bridgehead atoms. The van der Waals surface area contributed by atoms with Crippen molar-refractivity contribution in [2.45, 2.75) is 40.2 Å². The van der Waals surface area contributed by atoms with Gasteiger partial charge in [0.15, 0.2) is 0 Å². The van der Waals surface area contributed by atoms with Crippen LogP contribution in [0.15, 0.2) is 0 Å². The van der Waals surface area contributed by atoms with Crippen LogP contribution in [0.5, 0.6) is 0 Å². The average molecular weight is 278 g/mol. The van der Waals surface area contributed by atoms with E-state index in [1.165, 1.54) is 6.26 Å². The predicted molar refractivity (Wildman–Crippen MR) is 78.7 cm³/mol. The summed E-state index contributed by atoms with van der Waals surface area (Å²) in [5, 5.41) is 3.49. The first-order valence-electron chi connectivity index (χ1n) is 6.42. The van der Waals surface area contributed by atoms with Crippen LogP contribution in [0.25, 0.3) is 0 Å². The SMILES string of the molecule is CN(CCS(C)(=O)=O)CC(C)(C)CNC(C)(C)C. The first kappa shape index (κ1) is 17.9. The minimum Gasteiger partial charge on any atom is -0.311 e. The minimum absolute atomic E-state index is 0.114. The van der Waals surface area contributed by atoms with E-state index in [9.17, 15) is 8.42 Å². The highest BCUT2D eigenvalue weighted by atomic mass is 32.2. The third-order valence-corrected chi connectivity index (χ3v) is 3.56. The topological polar surface area (TPSA) is 49.4 Å². The summed E-state index contributed by atoms with van der Waals surface area (Å²) in [5.74, 6) is 0.228. The van der Waals surface area contributed by atoms with Gasteiger partial charge in [-0.05, 0) is 33.2 Å². The van der Waals surface area contributed by atoms with Crippen molar-refractivity contribution < 1.29 is 8.42 Å². The molecule has 0 saturated carbocycles. The van der Waals surface area contributed by atoms with Gasteiger partial charge in [-0.3, -0.25) is 0 Å². The molecule has 0 aromatic carbocycles. The van der Waals surface area contributed by atoms with Crippen LogP contribution >= 0.6 is 0 Å². The molecule has 0 aliphatic carbocycles. The van der Waals surface area contributed by atoms with E-state index < -0.39 is 9.84 Å².